The van der Waals surface area contributed by atoms with Crippen LogP contribution in [0.25, 0.3) is 22.0 Å². The molecule has 0 unspecified atom stereocenters. The zero-order valence-electron chi connectivity index (χ0n) is 15.2. The molecule has 3 aromatic carbocycles. The second-order valence-electron chi connectivity index (χ2n) is 6.46. The molecule has 4 rings (SSSR count). The molecular formula is C23H16N2O4. The second-order valence-corrected chi connectivity index (χ2v) is 6.46. The zero-order valence-corrected chi connectivity index (χ0v) is 15.2. The van der Waals surface area contributed by atoms with Crippen LogP contribution in [-0.4, -0.2) is 22.0 Å². The van der Waals surface area contributed by atoms with Crippen LogP contribution in [0.3, 0.4) is 0 Å². The molecular weight excluding hydrogens is 368 g/mol. The largest absolute Gasteiger partial charge is 0.478 e. The summed E-state index contributed by atoms with van der Waals surface area (Å²) in [6, 6.07) is 20.5. The number of aromatic amines is 1. The van der Waals surface area contributed by atoms with Crippen molar-refractivity contribution in [3.8, 4) is 11.1 Å². The fourth-order valence-electron chi connectivity index (χ4n) is 3.16. The normalized spacial score (nSPS) is 10.6. The van der Waals surface area contributed by atoms with Crippen molar-refractivity contribution in [2.45, 2.75) is 0 Å². The van der Waals surface area contributed by atoms with Crippen LogP contribution in [0.5, 0.6) is 0 Å². The summed E-state index contributed by atoms with van der Waals surface area (Å²) in [4.78, 5) is 39.5. The van der Waals surface area contributed by atoms with Crippen LogP contribution >= 0.6 is 0 Å². The predicted octanol–water partition coefficient (Wildman–Crippen LogP) is 4.15. The number of benzene rings is 3. The summed E-state index contributed by atoms with van der Waals surface area (Å²) in [5.74, 6) is -1.53. The van der Waals surface area contributed by atoms with Crippen LogP contribution in [0.2, 0.25) is 0 Å². The van der Waals surface area contributed by atoms with Crippen molar-refractivity contribution < 1.29 is 14.7 Å². The molecule has 0 saturated heterocycles. The summed E-state index contributed by atoms with van der Waals surface area (Å²) in [5, 5.41) is 12.3. The molecule has 0 bridgehead atoms. The smallest absolute Gasteiger partial charge is 0.335 e. The SMILES string of the molecule is O=C(O)c1ccc(-c2ccccc2NC(=O)c2c[nH]c3ccccc3c2=O)cc1. The Bertz CT molecular complexity index is 1290. The standard InChI is InChI=1S/C23H16N2O4/c26-21-17-6-2-3-7-19(17)24-13-18(21)22(27)25-20-8-4-1-5-16(20)14-9-11-15(12-10-14)23(28)29/h1-13H,(H,24,26)(H,25,27)(H,28,29). The van der Waals surface area contributed by atoms with Gasteiger partial charge in [0.2, 0.25) is 5.43 Å². The number of carboxylic acid groups (broad SMARTS) is 1. The fourth-order valence-corrected chi connectivity index (χ4v) is 3.16. The lowest BCUT2D eigenvalue weighted by Gasteiger charge is -2.12. The molecule has 0 aliphatic rings. The van der Waals surface area contributed by atoms with E-state index in [0.29, 0.717) is 16.6 Å². The van der Waals surface area contributed by atoms with Gasteiger partial charge in [0.05, 0.1) is 5.56 Å². The highest BCUT2D eigenvalue weighted by Crippen LogP contribution is 2.28. The average Bonchev–Trinajstić information content (AvgIpc) is 2.74. The molecule has 0 spiro atoms. The number of H-pyrrole nitrogens is 1. The van der Waals surface area contributed by atoms with Crippen LogP contribution < -0.4 is 10.7 Å². The van der Waals surface area contributed by atoms with E-state index in [4.69, 9.17) is 5.11 Å². The van der Waals surface area contributed by atoms with E-state index in [0.717, 1.165) is 11.1 Å². The van der Waals surface area contributed by atoms with E-state index in [-0.39, 0.29) is 16.6 Å². The number of aromatic carboxylic acids is 1. The number of anilines is 1. The first kappa shape index (κ1) is 18.2. The van der Waals surface area contributed by atoms with Crippen LogP contribution in [0.4, 0.5) is 5.69 Å². The average molecular weight is 384 g/mol. The number of carboxylic acids is 1. The van der Waals surface area contributed by atoms with E-state index in [1.165, 1.54) is 18.3 Å². The summed E-state index contributed by atoms with van der Waals surface area (Å²) in [6.45, 7) is 0. The van der Waals surface area contributed by atoms with Gasteiger partial charge in [-0.05, 0) is 35.9 Å². The molecule has 0 aliphatic carbocycles. The Balaban J connectivity index is 1.69. The third-order valence-electron chi connectivity index (χ3n) is 4.65. The molecule has 142 valence electrons. The summed E-state index contributed by atoms with van der Waals surface area (Å²) in [6.07, 6.45) is 1.41. The maximum Gasteiger partial charge on any atom is 0.335 e. The van der Waals surface area contributed by atoms with E-state index in [2.05, 4.69) is 10.3 Å². The number of amides is 1. The quantitative estimate of drug-likeness (QED) is 0.492. The van der Waals surface area contributed by atoms with Gasteiger partial charge < -0.3 is 15.4 Å². The highest BCUT2D eigenvalue weighted by Gasteiger charge is 2.15. The highest BCUT2D eigenvalue weighted by atomic mass is 16.4. The lowest BCUT2D eigenvalue weighted by Crippen LogP contribution is -2.22. The monoisotopic (exact) mass is 384 g/mol. The van der Waals surface area contributed by atoms with Crippen molar-refractivity contribution in [3.05, 3.63) is 100 Å². The number of aromatic nitrogens is 1. The van der Waals surface area contributed by atoms with Crippen LogP contribution in [0.15, 0.2) is 83.8 Å². The molecule has 0 saturated carbocycles. The fraction of sp³-hybridized carbons (Fsp3) is 0. The summed E-state index contributed by atoms with van der Waals surface area (Å²) in [5.41, 5.74) is 2.49. The Morgan fingerprint density at radius 1 is 0.862 bits per heavy atom. The zero-order chi connectivity index (χ0) is 20.4. The molecule has 0 aliphatic heterocycles. The Kier molecular flexibility index (Phi) is 4.66. The molecule has 4 aromatic rings. The van der Waals surface area contributed by atoms with Crippen LogP contribution in [-0.2, 0) is 0 Å². The van der Waals surface area contributed by atoms with Gasteiger partial charge in [-0.2, -0.15) is 0 Å². The molecule has 3 N–H and O–H groups in total. The molecule has 1 aromatic heterocycles. The Morgan fingerprint density at radius 3 is 2.31 bits per heavy atom. The van der Waals surface area contributed by atoms with Crippen molar-refractivity contribution in [1.82, 2.24) is 4.98 Å². The van der Waals surface area contributed by atoms with Gasteiger partial charge in [-0.15, -0.1) is 0 Å². The van der Waals surface area contributed by atoms with Crippen molar-refractivity contribution >= 4 is 28.5 Å². The van der Waals surface area contributed by atoms with Gasteiger partial charge in [0.25, 0.3) is 5.91 Å². The van der Waals surface area contributed by atoms with Crippen molar-refractivity contribution in [2.75, 3.05) is 5.32 Å². The van der Waals surface area contributed by atoms with Crippen LogP contribution in [0.1, 0.15) is 20.7 Å². The number of carbonyl (C=O) groups is 2. The molecule has 6 nitrogen and oxygen atoms in total. The van der Waals surface area contributed by atoms with Crippen LogP contribution in [0, 0.1) is 0 Å². The van der Waals surface area contributed by atoms with Crippen molar-refractivity contribution in [1.29, 1.82) is 0 Å². The minimum Gasteiger partial charge on any atom is -0.478 e. The van der Waals surface area contributed by atoms with E-state index in [1.54, 1.807) is 42.5 Å². The maximum atomic E-state index is 12.8. The van der Waals surface area contributed by atoms with Gasteiger partial charge in [-0.25, -0.2) is 4.79 Å². The summed E-state index contributed by atoms with van der Waals surface area (Å²) >= 11 is 0. The Hall–Kier alpha value is -4.19. The van der Waals surface area contributed by atoms with E-state index in [1.807, 2.05) is 18.2 Å². The molecule has 0 atom stereocenters. The first-order valence-corrected chi connectivity index (χ1v) is 8.89. The number of nitrogens with one attached hydrogen (secondary N) is 2. The van der Waals surface area contributed by atoms with Crippen molar-refractivity contribution in [3.63, 3.8) is 0 Å². The highest BCUT2D eigenvalue weighted by molar-refractivity contribution is 6.07. The first-order chi connectivity index (χ1) is 14.0. The van der Waals surface area contributed by atoms with Gasteiger partial charge in [-0.1, -0.05) is 42.5 Å². The van der Waals surface area contributed by atoms with E-state index < -0.39 is 11.9 Å². The van der Waals surface area contributed by atoms with Gasteiger partial charge >= 0.3 is 5.97 Å². The summed E-state index contributed by atoms with van der Waals surface area (Å²) in [7, 11) is 0. The van der Waals surface area contributed by atoms with Gasteiger partial charge in [0, 0.05) is 28.4 Å². The number of pyridine rings is 1. The Morgan fingerprint density at radius 2 is 1.55 bits per heavy atom. The minimum atomic E-state index is -1.01. The maximum absolute atomic E-state index is 12.8. The number of fused-ring (bicyclic) bond motifs is 1. The minimum absolute atomic E-state index is 0.0136. The molecule has 29 heavy (non-hydrogen) atoms. The van der Waals surface area contributed by atoms with Crippen molar-refractivity contribution in [2.24, 2.45) is 0 Å². The predicted molar refractivity (Wildman–Crippen MR) is 111 cm³/mol. The Labute approximate surface area is 165 Å². The first-order valence-electron chi connectivity index (χ1n) is 8.89. The number of carbonyl (C=O) groups excluding carboxylic acids is 1. The molecule has 1 amide bonds. The van der Waals surface area contributed by atoms with E-state index >= 15 is 0 Å². The number of para-hydroxylation sites is 2. The molecule has 1 heterocycles. The lowest BCUT2D eigenvalue weighted by atomic mass is 10.0. The molecule has 0 fully saturated rings. The third kappa shape index (κ3) is 3.51. The third-order valence-corrected chi connectivity index (χ3v) is 4.65. The van der Waals surface area contributed by atoms with Gasteiger partial charge in [0.15, 0.2) is 0 Å². The summed E-state index contributed by atoms with van der Waals surface area (Å²) < 4.78 is 0. The van der Waals surface area contributed by atoms with Gasteiger partial charge in [0.1, 0.15) is 5.56 Å². The second kappa shape index (κ2) is 7.44. The molecule has 6 heteroatoms. The number of hydrogen-bond acceptors (Lipinski definition) is 3. The van der Waals surface area contributed by atoms with E-state index in [9.17, 15) is 14.4 Å². The number of rotatable bonds is 4. The number of hydrogen-bond donors (Lipinski definition) is 3. The van der Waals surface area contributed by atoms with Gasteiger partial charge in [-0.3, -0.25) is 9.59 Å². The topological polar surface area (TPSA) is 99.3 Å². The lowest BCUT2D eigenvalue weighted by molar-refractivity contribution is 0.0696. The molecule has 0 radical (unpaired) electrons.